The molecule has 1 aromatic carbocycles. The van der Waals surface area contributed by atoms with Crippen molar-refractivity contribution in [2.75, 3.05) is 31.1 Å². The normalized spacial score (nSPS) is 16.3. The van der Waals surface area contributed by atoms with E-state index in [1.165, 1.54) is 0 Å². The lowest BCUT2D eigenvalue weighted by Crippen LogP contribution is -2.47. The van der Waals surface area contributed by atoms with Gasteiger partial charge in [0, 0.05) is 38.2 Å². The summed E-state index contributed by atoms with van der Waals surface area (Å²) in [5, 5.41) is 13.4. The Kier molecular flexibility index (Phi) is 5.33. The number of ketones is 1. The van der Waals surface area contributed by atoms with Crippen molar-refractivity contribution >= 4 is 11.5 Å². The standard InChI is InChI=1S/C19H23N5O2/c1-4-18-21-19(26-22-18)13(2)23-7-9-24(10-8-23)17-11-15(14(3)25)5-6-16(17)12-20/h5-6,11,13H,4,7-10H2,1-3H3. The summed E-state index contributed by atoms with van der Waals surface area (Å²) in [6.45, 7) is 8.80. The van der Waals surface area contributed by atoms with Gasteiger partial charge in [-0.3, -0.25) is 9.69 Å². The van der Waals surface area contributed by atoms with E-state index < -0.39 is 0 Å². The first kappa shape index (κ1) is 18.1. The predicted octanol–water partition coefficient (Wildman–Crippen LogP) is 2.59. The summed E-state index contributed by atoms with van der Waals surface area (Å²) < 4.78 is 5.36. The minimum Gasteiger partial charge on any atom is -0.368 e. The van der Waals surface area contributed by atoms with E-state index in [0.717, 1.165) is 44.1 Å². The maximum Gasteiger partial charge on any atom is 0.243 e. The maximum atomic E-state index is 11.7. The molecule has 1 aromatic heterocycles. The van der Waals surface area contributed by atoms with Gasteiger partial charge in [0.15, 0.2) is 11.6 Å². The largest absolute Gasteiger partial charge is 0.368 e. The van der Waals surface area contributed by atoms with Crippen LogP contribution in [0.1, 0.15) is 54.4 Å². The van der Waals surface area contributed by atoms with Crippen molar-refractivity contribution in [1.29, 1.82) is 5.26 Å². The van der Waals surface area contributed by atoms with Gasteiger partial charge in [-0.25, -0.2) is 0 Å². The number of aromatic nitrogens is 2. The number of hydrogen-bond acceptors (Lipinski definition) is 7. The molecule has 0 radical (unpaired) electrons. The molecular formula is C19H23N5O2. The van der Waals surface area contributed by atoms with Gasteiger partial charge in [-0.05, 0) is 32.0 Å². The van der Waals surface area contributed by atoms with Crippen LogP contribution in [0, 0.1) is 11.3 Å². The molecule has 1 aliphatic heterocycles. The van der Waals surface area contributed by atoms with Crippen molar-refractivity contribution in [3.63, 3.8) is 0 Å². The second-order valence-corrected chi connectivity index (χ2v) is 6.50. The lowest BCUT2D eigenvalue weighted by molar-refractivity contribution is 0.101. The summed E-state index contributed by atoms with van der Waals surface area (Å²) in [5.74, 6) is 1.38. The van der Waals surface area contributed by atoms with Crippen molar-refractivity contribution in [3.8, 4) is 6.07 Å². The number of rotatable bonds is 5. The van der Waals surface area contributed by atoms with E-state index in [1.807, 2.05) is 13.0 Å². The van der Waals surface area contributed by atoms with Crippen LogP contribution < -0.4 is 4.90 Å². The Bertz CT molecular complexity index is 831. The number of nitriles is 1. The smallest absolute Gasteiger partial charge is 0.243 e. The number of hydrogen-bond donors (Lipinski definition) is 0. The van der Waals surface area contributed by atoms with Gasteiger partial charge in [0.05, 0.1) is 17.3 Å². The summed E-state index contributed by atoms with van der Waals surface area (Å²) in [4.78, 5) is 20.6. The molecule has 26 heavy (non-hydrogen) atoms. The molecule has 1 aliphatic rings. The summed E-state index contributed by atoms with van der Waals surface area (Å²) in [5.41, 5.74) is 2.06. The fraction of sp³-hybridized carbons (Fsp3) is 0.474. The highest BCUT2D eigenvalue weighted by molar-refractivity contribution is 5.95. The molecule has 136 valence electrons. The number of carbonyl (C=O) groups excluding carboxylic acids is 1. The number of benzene rings is 1. The molecule has 1 fully saturated rings. The van der Waals surface area contributed by atoms with Crippen LogP contribution in [0.15, 0.2) is 22.7 Å². The number of piperazine rings is 1. The fourth-order valence-corrected chi connectivity index (χ4v) is 3.19. The van der Waals surface area contributed by atoms with Crippen LogP contribution in [0.5, 0.6) is 0 Å². The number of Topliss-reactive ketones (excluding diaryl/α,β-unsaturated/α-hetero) is 1. The summed E-state index contributed by atoms with van der Waals surface area (Å²) in [6, 6.07) is 7.55. The second kappa shape index (κ2) is 7.67. The van der Waals surface area contributed by atoms with Crippen LogP contribution >= 0.6 is 0 Å². The molecule has 1 saturated heterocycles. The molecule has 0 N–H and O–H groups in total. The summed E-state index contributed by atoms with van der Waals surface area (Å²) >= 11 is 0. The fourth-order valence-electron chi connectivity index (χ4n) is 3.19. The molecule has 0 saturated carbocycles. The topological polar surface area (TPSA) is 86.3 Å². The van der Waals surface area contributed by atoms with E-state index in [4.69, 9.17) is 4.52 Å². The molecular weight excluding hydrogens is 330 g/mol. The Hall–Kier alpha value is -2.72. The molecule has 0 spiro atoms. The SMILES string of the molecule is CCc1noc(C(C)N2CCN(c3cc(C(C)=O)ccc3C#N)CC2)n1. The quantitative estimate of drug-likeness (QED) is 0.764. The first-order valence-electron chi connectivity index (χ1n) is 8.90. The minimum absolute atomic E-state index is 0.00567. The molecule has 7 heteroatoms. The van der Waals surface area contributed by atoms with E-state index in [0.29, 0.717) is 17.0 Å². The first-order valence-corrected chi connectivity index (χ1v) is 8.90. The lowest BCUT2D eigenvalue weighted by Gasteiger charge is -2.38. The Balaban J connectivity index is 1.71. The molecule has 1 atom stereocenters. The lowest BCUT2D eigenvalue weighted by atomic mass is 10.1. The third-order valence-electron chi connectivity index (χ3n) is 4.88. The van der Waals surface area contributed by atoms with Crippen molar-refractivity contribution < 1.29 is 9.32 Å². The Morgan fingerprint density at radius 2 is 2.08 bits per heavy atom. The molecule has 7 nitrogen and oxygen atoms in total. The zero-order valence-corrected chi connectivity index (χ0v) is 15.4. The zero-order chi connectivity index (χ0) is 18.7. The summed E-state index contributed by atoms with van der Waals surface area (Å²) in [7, 11) is 0. The molecule has 3 rings (SSSR count). The third kappa shape index (κ3) is 3.60. The van der Waals surface area contributed by atoms with Gasteiger partial charge in [0.2, 0.25) is 5.89 Å². The Morgan fingerprint density at radius 1 is 1.35 bits per heavy atom. The van der Waals surface area contributed by atoms with Gasteiger partial charge in [0.25, 0.3) is 0 Å². The van der Waals surface area contributed by atoms with Gasteiger partial charge in [0.1, 0.15) is 6.07 Å². The van der Waals surface area contributed by atoms with E-state index in [9.17, 15) is 10.1 Å². The third-order valence-corrected chi connectivity index (χ3v) is 4.88. The second-order valence-electron chi connectivity index (χ2n) is 6.50. The molecule has 2 aromatic rings. The van der Waals surface area contributed by atoms with Gasteiger partial charge >= 0.3 is 0 Å². The first-order chi connectivity index (χ1) is 12.5. The maximum absolute atomic E-state index is 11.7. The van der Waals surface area contributed by atoms with Gasteiger partial charge < -0.3 is 9.42 Å². The van der Waals surface area contributed by atoms with Crippen LogP contribution in [-0.4, -0.2) is 47.0 Å². The highest BCUT2D eigenvalue weighted by Gasteiger charge is 2.26. The van der Waals surface area contributed by atoms with Crippen molar-refractivity contribution in [3.05, 3.63) is 41.0 Å². The van der Waals surface area contributed by atoms with E-state index in [2.05, 4.69) is 32.9 Å². The van der Waals surface area contributed by atoms with Crippen molar-refractivity contribution in [1.82, 2.24) is 15.0 Å². The van der Waals surface area contributed by atoms with Crippen LogP contribution in [0.4, 0.5) is 5.69 Å². The summed E-state index contributed by atoms with van der Waals surface area (Å²) in [6.07, 6.45) is 0.757. The average Bonchev–Trinajstić information content (AvgIpc) is 3.16. The molecule has 1 unspecified atom stereocenters. The molecule has 2 heterocycles. The number of aryl methyl sites for hydroxylation is 1. The van der Waals surface area contributed by atoms with Gasteiger partial charge in [-0.15, -0.1) is 0 Å². The van der Waals surface area contributed by atoms with E-state index >= 15 is 0 Å². The van der Waals surface area contributed by atoms with Crippen LogP contribution in [0.3, 0.4) is 0 Å². The molecule has 0 aliphatic carbocycles. The number of carbonyl (C=O) groups is 1. The highest BCUT2D eigenvalue weighted by atomic mass is 16.5. The van der Waals surface area contributed by atoms with E-state index in [-0.39, 0.29) is 11.8 Å². The number of nitrogens with zero attached hydrogens (tertiary/aromatic N) is 5. The van der Waals surface area contributed by atoms with Crippen molar-refractivity contribution in [2.45, 2.75) is 33.2 Å². The monoisotopic (exact) mass is 353 g/mol. The minimum atomic E-state index is 0.00567. The van der Waals surface area contributed by atoms with Gasteiger partial charge in [-0.1, -0.05) is 12.1 Å². The van der Waals surface area contributed by atoms with Crippen LogP contribution in [-0.2, 0) is 6.42 Å². The van der Waals surface area contributed by atoms with E-state index in [1.54, 1.807) is 19.1 Å². The zero-order valence-electron chi connectivity index (χ0n) is 15.4. The number of anilines is 1. The van der Waals surface area contributed by atoms with Gasteiger partial charge in [-0.2, -0.15) is 10.2 Å². The van der Waals surface area contributed by atoms with Crippen molar-refractivity contribution in [2.24, 2.45) is 0 Å². The Labute approximate surface area is 153 Å². The highest BCUT2D eigenvalue weighted by Crippen LogP contribution is 2.26. The average molecular weight is 353 g/mol. The van der Waals surface area contributed by atoms with Crippen LogP contribution in [0.25, 0.3) is 0 Å². The predicted molar refractivity (Wildman–Crippen MR) is 97.0 cm³/mol. The van der Waals surface area contributed by atoms with Crippen LogP contribution in [0.2, 0.25) is 0 Å². The Morgan fingerprint density at radius 3 is 2.65 bits per heavy atom. The molecule has 0 amide bonds. The molecule has 0 bridgehead atoms.